The van der Waals surface area contributed by atoms with Crippen LogP contribution in [0.25, 0.3) is 0 Å². The van der Waals surface area contributed by atoms with E-state index in [1.54, 1.807) is 5.10 Å². The Bertz CT molecular complexity index is 348. The lowest BCUT2D eigenvalue weighted by Gasteiger charge is -1.99. The number of rotatable bonds is 3. The van der Waals surface area contributed by atoms with E-state index in [0.717, 1.165) is 0 Å². The van der Waals surface area contributed by atoms with Gasteiger partial charge in [0.05, 0.1) is 0 Å². The summed E-state index contributed by atoms with van der Waals surface area (Å²) in [4.78, 5) is 13.9. The Kier molecular flexibility index (Phi) is 3.24. The molecule has 0 bridgehead atoms. The summed E-state index contributed by atoms with van der Waals surface area (Å²) in [6.07, 6.45) is -4.61. The molecular formula is C6H7F3N4O2. The van der Waals surface area contributed by atoms with Crippen LogP contribution in [0.1, 0.15) is 5.82 Å². The molecule has 1 rings (SSSR count). The van der Waals surface area contributed by atoms with Crippen LogP contribution in [-0.4, -0.2) is 34.8 Å². The van der Waals surface area contributed by atoms with Gasteiger partial charge in [-0.2, -0.15) is 18.2 Å². The van der Waals surface area contributed by atoms with Crippen molar-refractivity contribution in [3.05, 3.63) is 5.82 Å². The van der Waals surface area contributed by atoms with Gasteiger partial charge in [-0.3, -0.25) is 15.2 Å². The van der Waals surface area contributed by atoms with Gasteiger partial charge < -0.3 is 4.74 Å². The van der Waals surface area contributed by atoms with Crippen LogP contribution in [-0.2, 0) is 15.7 Å². The van der Waals surface area contributed by atoms with Crippen molar-refractivity contribution < 1.29 is 22.7 Å². The van der Waals surface area contributed by atoms with E-state index in [0.29, 0.717) is 0 Å². The Morgan fingerprint density at radius 3 is 2.73 bits per heavy atom. The Morgan fingerprint density at radius 1 is 1.60 bits per heavy atom. The molecule has 0 fully saturated rings. The standard InChI is InChI=1S/C6H7F3N4O2/c1-15-2-3(14)10-5-11-4(12-13-5)6(7,8)9/h2H2,1H3,(H2,10,11,12,13,14). The number of halogens is 3. The molecule has 0 spiro atoms. The van der Waals surface area contributed by atoms with Crippen molar-refractivity contribution >= 4 is 11.9 Å². The molecule has 1 heterocycles. The highest BCUT2D eigenvalue weighted by Crippen LogP contribution is 2.26. The summed E-state index contributed by atoms with van der Waals surface area (Å²) in [5.41, 5.74) is 0. The minimum Gasteiger partial charge on any atom is -0.375 e. The summed E-state index contributed by atoms with van der Waals surface area (Å²) >= 11 is 0. The normalized spacial score (nSPS) is 11.5. The molecule has 0 aliphatic carbocycles. The molecule has 1 amide bonds. The van der Waals surface area contributed by atoms with Crippen molar-refractivity contribution in [3.63, 3.8) is 0 Å². The van der Waals surface area contributed by atoms with Crippen molar-refractivity contribution in [2.75, 3.05) is 19.0 Å². The summed E-state index contributed by atoms with van der Waals surface area (Å²) in [6, 6.07) is 0. The molecule has 0 radical (unpaired) electrons. The molecule has 9 heteroatoms. The third kappa shape index (κ3) is 3.20. The van der Waals surface area contributed by atoms with E-state index < -0.39 is 23.9 Å². The fourth-order valence-electron chi connectivity index (χ4n) is 0.736. The minimum atomic E-state index is -4.61. The van der Waals surface area contributed by atoms with E-state index in [9.17, 15) is 18.0 Å². The molecule has 1 aromatic rings. The molecule has 0 saturated carbocycles. The number of methoxy groups -OCH3 is 1. The molecule has 0 atom stereocenters. The molecule has 0 aromatic carbocycles. The number of ether oxygens (including phenoxy) is 1. The van der Waals surface area contributed by atoms with Crippen LogP contribution in [0, 0.1) is 0 Å². The van der Waals surface area contributed by atoms with Gasteiger partial charge in [-0.15, -0.1) is 5.10 Å². The number of hydrogen-bond acceptors (Lipinski definition) is 4. The Balaban J connectivity index is 2.65. The van der Waals surface area contributed by atoms with Crippen LogP contribution in [0.4, 0.5) is 19.1 Å². The van der Waals surface area contributed by atoms with Gasteiger partial charge in [-0.25, -0.2) is 0 Å². The summed E-state index contributed by atoms with van der Waals surface area (Å²) in [6.45, 7) is -0.282. The number of H-pyrrole nitrogens is 1. The lowest BCUT2D eigenvalue weighted by Crippen LogP contribution is -2.18. The highest BCUT2D eigenvalue weighted by molar-refractivity contribution is 5.89. The van der Waals surface area contributed by atoms with Gasteiger partial charge in [0, 0.05) is 7.11 Å². The lowest BCUT2D eigenvalue weighted by atomic mass is 10.6. The number of aromatic amines is 1. The van der Waals surface area contributed by atoms with Gasteiger partial charge >= 0.3 is 6.18 Å². The highest BCUT2D eigenvalue weighted by atomic mass is 19.4. The molecule has 15 heavy (non-hydrogen) atoms. The molecule has 0 saturated heterocycles. The summed E-state index contributed by atoms with van der Waals surface area (Å²) in [5.74, 6) is -2.34. The van der Waals surface area contributed by atoms with Crippen LogP contribution >= 0.6 is 0 Å². The first-order valence-electron chi connectivity index (χ1n) is 3.72. The van der Waals surface area contributed by atoms with Crippen LogP contribution in [0.15, 0.2) is 0 Å². The van der Waals surface area contributed by atoms with Gasteiger partial charge in [0.1, 0.15) is 6.61 Å². The molecule has 0 aliphatic heterocycles. The Hall–Kier alpha value is -1.64. The van der Waals surface area contributed by atoms with Gasteiger partial charge in [0.15, 0.2) is 0 Å². The van der Waals surface area contributed by atoms with Crippen LogP contribution in [0.5, 0.6) is 0 Å². The van der Waals surface area contributed by atoms with Gasteiger partial charge in [0.2, 0.25) is 11.8 Å². The quantitative estimate of drug-likeness (QED) is 0.779. The number of amides is 1. The van der Waals surface area contributed by atoms with E-state index in [2.05, 4.69) is 14.8 Å². The van der Waals surface area contributed by atoms with Crippen molar-refractivity contribution in [1.82, 2.24) is 15.2 Å². The fourth-order valence-corrected chi connectivity index (χ4v) is 0.736. The zero-order valence-corrected chi connectivity index (χ0v) is 7.55. The third-order valence-corrected chi connectivity index (χ3v) is 1.28. The number of nitrogens with zero attached hydrogens (tertiary/aromatic N) is 2. The smallest absolute Gasteiger partial charge is 0.375 e. The Morgan fingerprint density at radius 2 is 2.27 bits per heavy atom. The van der Waals surface area contributed by atoms with Crippen LogP contribution in [0.2, 0.25) is 0 Å². The maximum absolute atomic E-state index is 12.0. The fraction of sp³-hybridized carbons (Fsp3) is 0.500. The number of aromatic nitrogens is 3. The van der Waals surface area contributed by atoms with E-state index in [-0.39, 0.29) is 6.61 Å². The minimum absolute atomic E-state index is 0.282. The number of carbonyl (C=O) groups excluding carboxylic acids is 1. The van der Waals surface area contributed by atoms with E-state index in [4.69, 9.17) is 0 Å². The molecule has 2 N–H and O–H groups in total. The Labute approximate surface area is 81.8 Å². The van der Waals surface area contributed by atoms with Gasteiger partial charge in [0.25, 0.3) is 5.91 Å². The van der Waals surface area contributed by atoms with Crippen LogP contribution in [0.3, 0.4) is 0 Å². The predicted octanol–water partition coefficient (Wildman–Crippen LogP) is 0.408. The van der Waals surface area contributed by atoms with E-state index >= 15 is 0 Å². The molecule has 0 aliphatic rings. The molecule has 84 valence electrons. The van der Waals surface area contributed by atoms with Crippen molar-refractivity contribution in [2.45, 2.75) is 6.18 Å². The summed E-state index contributed by atoms with van der Waals surface area (Å²) in [7, 11) is 1.28. The van der Waals surface area contributed by atoms with Crippen molar-refractivity contribution in [2.24, 2.45) is 0 Å². The average Bonchev–Trinajstić information content (AvgIpc) is 2.52. The van der Waals surface area contributed by atoms with Crippen molar-refractivity contribution in [1.29, 1.82) is 0 Å². The maximum atomic E-state index is 12.0. The predicted molar refractivity (Wildman–Crippen MR) is 41.9 cm³/mol. The molecular weight excluding hydrogens is 217 g/mol. The molecule has 6 nitrogen and oxygen atoms in total. The topological polar surface area (TPSA) is 79.9 Å². The number of anilines is 1. The first-order chi connectivity index (χ1) is 6.93. The van der Waals surface area contributed by atoms with Gasteiger partial charge in [-0.1, -0.05) is 0 Å². The third-order valence-electron chi connectivity index (χ3n) is 1.28. The van der Waals surface area contributed by atoms with Crippen molar-refractivity contribution in [3.8, 4) is 0 Å². The number of alkyl halides is 3. The average molecular weight is 224 g/mol. The van der Waals surface area contributed by atoms with Gasteiger partial charge in [-0.05, 0) is 0 Å². The number of nitrogens with one attached hydrogen (secondary N) is 2. The van der Waals surface area contributed by atoms with E-state index in [1.165, 1.54) is 7.11 Å². The second-order valence-electron chi connectivity index (χ2n) is 2.49. The second-order valence-corrected chi connectivity index (χ2v) is 2.49. The number of carbonyl (C=O) groups is 1. The highest BCUT2D eigenvalue weighted by Gasteiger charge is 2.35. The number of hydrogen-bond donors (Lipinski definition) is 2. The zero-order chi connectivity index (χ0) is 11.5. The summed E-state index contributed by atoms with van der Waals surface area (Å²) < 4.78 is 40.5. The largest absolute Gasteiger partial charge is 0.451 e. The first-order valence-corrected chi connectivity index (χ1v) is 3.72. The van der Waals surface area contributed by atoms with E-state index in [1.807, 2.05) is 5.32 Å². The molecule has 0 unspecified atom stereocenters. The summed E-state index contributed by atoms with van der Waals surface area (Å²) in [5, 5.41) is 6.83. The van der Waals surface area contributed by atoms with Crippen LogP contribution < -0.4 is 5.32 Å². The lowest BCUT2D eigenvalue weighted by molar-refractivity contribution is -0.144. The first kappa shape index (κ1) is 11.4. The molecule has 1 aromatic heterocycles. The monoisotopic (exact) mass is 224 g/mol. The zero-order valence-electron chi connectivity index (χ0n) is 7.55. The SMILES string of the molecule is COCC(=O)Nc1n[nH]c(C(F)(F)F)n1. The maximum Gasteiger partial charge on any atom is 0.451 e. The second kappa shape index (κ2) is 4.26.